The standard InChI is InChI=1S/C23H26N2O6S/c1-29-19-10-11-22(30-2)21(15-19)25(32(3,27)28)16-23(26)24-12-13-31-20-9-8-17-6-4-5-7-18(17)14-20/h4-11,14-15H,12-13,16H2,1-3H3,(H,24,26). The molecule has 3 aromatic rings. The number of methoxy groups -OCH3 is 2. The number of sulfonamides is 1. The Morgan fingerprint density at radius 2 is 1.66 bits per heavy atom. The maximum absolute atomic E-state index is 12.5. The van der Waals surface area contributed by atoms with E-state index in [0.29, 0.717) is 17.2 Å². The summed E-state index contributed by atoms with van der Waals surface area (Å²) in [6.45, 7) is 0.0578. The molecule has 0 atom stereocenters. The van der Waals surface area contributed by atoms with E-state index >= 15 is 0 Å². The number of nitrogens with zero attached hydrogens (tertiary/aromatic N) is 1. The number of nitrogens with one attached hydrogen (secondary N) is 1. The predicted molar refractivity (Wildman–Crippen MR) is 124 cm³/mol. The number of amides is 1. The summed E-state index contributed by atoms with van der Waals surface area (Å²) in [6.07, 6.45) is 1.03. The molecular formula is C23H26N2O6S. The molecule has 9 heteroatoms. The van der Waals surface area contributed by atoms with Gasteiger partial charge in [-0.3, -0.25) is 9.10 Å². The van der Waals surface area contributed by atoms with Crippen LogP contribution in [0.5, 0.6) is 17.2 Å². The molecule has 32 heavy (non-hydrogen) atoms. The Morgan fingerprint density at radius 3 is 2.34 bits per heavy atom. The number of hydrogen-bond acceptors (Lipinski definition) is 6. The maximum atomic E-state index is 12.5. The van der Waals surface area contributed by atoms with E-state index in [1.807, 2.05) is 42.5 Å². The number of hydrogen-bond donors (Lipinski definition) is 1. The van der Waals surface area contributed by atoms with Gasteiger partial charge in [0.2, 0.25) is 15.9 Å². The van der Waals surface area contributed by atoms with E-state index in [9.17, 15) is 13.2 Å². The first-order valence-corrected chi connectivity index (χ1v) is 11.7. The molecule has 0 spiro atoms. The zero-order chi connectivity index (χ0) is 23.1. The molecule has 0 saturated carbocycles. The van der Waals surface area contributed by atoms with Gasteiger partial charge < -0.3 is 19.5 Å². The molecule has 0 radical (unpaired) electrons. The molecule has 0 aromatic heterocycles. The van der Waals surface area contributed by atoms with Crippen molar-refractivity contribution < 1.29 is 27.4 Å². The Balaban J connectivity index is 1.61. The zero-order valence-electron chi connectivity index (χ0n) is 18.2. The second-order valence-corrected chi connectivity index (χ2v) is 8.92. The van der Waals surface area contributed by atoms with Crippen molar-refractivity contribution >= 4 is 32.4 Å². The van der Waals surface area contributed by atoms with Crippen molar-refractivity contribution in [3.05, 3.63) is 60.7 Å². The van der Waals surface area contributed by atoms with E-state index in [-0.39, 0.29) is 18.8 Å². The zero-order valence-corrected chi connectivity index (χ0v) is 19.0. The lowest BCUT2D eigenvalue weighted by Gasteiger charge is -2.24. The van der Waals surface area contributed by atoms with Crippen LogP contribution >= 0.6 is 0 Å². The highest BCUT2D eigenvalue weighted by atomic mass is 32.2. The lowest BCUT2D eigenvalue weighted by atomic mass is 10.1. The minimum absolute atomic E-state index is 0.219. The van der Waals surface area contributed by atoms with Gasteiger partial charge in [0, 0.05) is 6.07 Å². The summed E-state index contributed by atoms with van der Waals surface area (Å²) in [5, 5.41) is 4.86. The first kappa shape index (κ1) is 23.2. The number of carbonyl (C=O) groups is 1. The molecule has 0 aliphatic carbocycles. The Labute approximate surface area is 187 Å². The molecule has 0 saturated heterocycles. The Morgan fingerprint density at radius 1 is 0.938 bits per heavy atom. The van der Waals surface area contributed by atoms with Crippen molar-refractivity contribution in [2.45, 2.75) is 0 Å². The number of fused-ring (bicyclic) bond motifs is 1. The fourth-order valence-electron chi connectivity index (χ4n) is 3.18. The topological polar surface area (TPSA) is 94.2 Å². The minimum atomic E-state index is -3.76. The summed E-state index contributed by atoms with van der Waals surface area (Å²) in [5.74, 6) is 0.974. The highest BCUT2D eigenvalue weighted by Crippen LogP contribution is 2.33. The lowest BCUT2D eigenvalue weighted by molar-refractivity contribution is -0.119. The average Bonchev–Trinajstić information content (AvgIpc) is 2.79. The van der Waals surface area contributed by atoms with Crippen LogP contribution in [0.3, 0.4) is 0 Å². The fraction of sp³-hybridized carbons (Fsp3) is 0.261. The molecule has 0 bridgehead atoms. The number of ether oxygens (including phenoxy) is 3. The third-order valence-corrected chi connectivity index (χ3v) is 5.88. The van der Waals surface area contributed by atoms with Gasteiger partial charge in [-0.25, -0.2) is 8.42 Å². The summed E-state index contributed by atoms with van der Waals surface area (Å²) in [4.78, 5) is 12.5. The molecule has 0 aliphatic rings. The van der Waals surface area contributed by atoms with Crippen LogP contribution in [0.15, 0.2) is 60.7 Å². The highest BCUT2D eigenvalue weighted by molar-refractivity contribution is 7.92. The van der Waals surface area contributed by atoms with Gasteiger partial charge in [0.25, 0.3) is 0 Å². The first-order valence-electron chi connectivity index (χ1n) is 9.90. The summed E-state index contributed by atoms with van der Waals surface area (Å²) < 4.78 is 41.9. The maximum Gasteiger partial charge on any atom is 0.240 e. The number of carbonyl (C=O) groups excluding carboxylic acids is 1. The van der Waals surface area contributed by atoms with Crippen molar-refractivity contribution in [1.29, 1.82) is 0 Å². The second-order valence-electron chi connectivity index (χ2n) is 7.01. The molecule has 1 N–H and O–H groups in total. The van der Waals surface area contributed by atoms with Crippen molar-refractivity contribution in [3.63, 3.8) is 0 Å². The van der Waals surface area contributed by atoms with Gasteiger partial charge in [0.15, 0.2) is 0 Å². The SMILES string of the molecule is COc1ccc(OC)c(N(CC(=O)NCCOc2ccc3ccccc3c2)S(C)(=O)=O)c1. The van der Waals surface area contributed by atoms with Crippen LogP contribution in [0.2, 0.25) is 0 Å². The summed E-state index contributed by atoms with van der Waals surface area (Å²) in [6, 6.07) is 18.4. The Kier molecular flexibility index (Phi) is 7.42. The van der Waals surface area contributed by atoms with E-state index in [1.165, 1.54) is 20.3 Å². The molecule has 3 aromatic carbocycles. The van der Waals surface area contributed by atoms with Crippen molar-refractivity contribution in [1.82, 2.24) is 5.32 Å². The van der Waals surface area contributed by atoms with E-state index < -0.39 is 22.5 Å². The normalized spacial score (nSPS) is 11.1. The molecule has 3 rings (SSSR count). The van der Waals surface area contributed by atoms with Crippen molar-refractivity contribution in [2.24, 2.45) is 0 Å². The average molecular weight is 459 g/mol. The molecule has 0 fully saturated rings. The lowest BCUT2D eigenvalue weighted by Crippen LogP contribution is -2.41. The number of anilines is 1. The van der Waals surface area contributed by atoms with Gasteiger partial charge in [-0.15, -0.1) is 0 Å². The van der Waals surface area contributed by atoms with Crippen LogP contribution in [0.25, 0.3) is 10.8 Å². The van der Waals surface area contributed by atoms with Gasteiger partial charge in [-0.05, 0) is 35.0 Å². The smallest absolute Gasteiger partial charge is 0.240 e. The molecular weight excluding hydrogens is 432 g/mol. The molecule has 0 aliphatic heterocycles. The van der Waals surface area contributed by atoms with Crippen LogP contribution in [0.1, 0.15) is 0 Å². The number of rotatable bonds is 10. The van der Waals surface area contributed by atoms with Gasteiger partial charge in [-0.2, -0.15) is 0 Å². The minimum Gasteiger partial charge on any atom is -0.497 e. The van der Waals surface area contributed by atoms with E-state index in [4.69, 9.17) is 14.2 Å². The number of benzene rings is 3. The third-order valence-electron chi connectivity index (χ3n) is 4.76. The summed E-state index contributed by atoms with van der Waals surface area (Å²) in [5.41, 5.74) is 0.219. The Bertz CT molecular complexity index is 1200. The van der Waals surface area contributed by atoms with Gasteiger partial charge in [-0.1, -0.05) is 30.3 Å². The van der Waals surface area contributed by atoms with Crippen LogP contribution < -0.4 is 23.8 Å². The van der Waals surface area contributed by atoms with Gasteiger partial charge in [0.1, 0.15) is 30.4 Å². The molecule has 1 amide bonds. The van der Waals surface area contributed by atoms with E-state index in [0.717, 1.165) is 21.3 Å². The predicted octanol–water partition coefficient (Wildman–Crippen LogP) is 2.82. The van der Waals surface area contributed by atoms with Crippen molar-refractivity contribution in [2.75, 3.05) is 44.5 Å². The fourth-order valence-corrected chi connectivity index (χ4v) is 4.03. The quantitative estimate of drug-likeness (QED) is 0.470. The summed E-state index contributed by atoms with van der Waals surface area (Å²) >= 11 is 0. The van der Waals surface area contributed by atoms with E-state index in [1.54, 1.807) is 12.1 Å². The van der Waals surface area contributed by atoms with Gasteiger partial charge in [0.05, 0.1) is 32.7 Å². The monoisotopic (exact) mass is 458 g/mol. The molecule has 8 nitrogen and oxygen atoms in total. The third kappa shape index (κ3) is 5.82. The van der Waals surface area contributed by atoms with Crippen LogP contribution in [-0.2, 0) is 14.8 Å². The van der Waals surface area contributed by atoms with Gasteiger partial charge >= 0.3 is 0 Å². The van der Waals surface area contributed by atoms with E-state index in [2.05, 4.69) is 5.32 Å². The Hall–Kier alpha value is -3.46. The van der Waals surface area contributed by atoms with Crippen LogP contribution in [0, 0.1) is 0 Å². The second kappa shape index (κ2) is 10.2. The van der Waals surface area contributed by atoms with Crippen LogP contribution in [0.4, 0.5) is 5.69 Å². The molecule has 0 unspecified atom stereocenters. The first-order chi connectivity index (χ1) is 15.3. The molecule has 0 heterocycles. The highest BCUT2D eigenvalue weighted by Gasteiger charge is 2.24. The molecule has 170 valence electrons. The van der Waals surface area contributed by atoms with Crippen molar-refractivity contribution in [3.8, 4) is 17.2 Å². The summed E-state index contributed by atoms with van der Waals surface area (Å²) in [7, 11) is -0.862. The largest absolute Gasteiger partial charge is 0.497 e. The van der Waals surface area contributed by atoms with Crippen LogP contribution in [-0.4, -0.2) is 54.5 Å².